The Morgan fingerprint density at radius 3 is 2.23 bits per heavy atom. The van der Waals surface area contributed by atoms with Crippen LogP contribution in [0.1, 0.15) is 40.5 Å². The maximum Gasteiger partial charge on any atom is 0.250 e. The largest absolute Gasteiger partial charge is 0.295 e. The van der Waals surface area contributed by atoms with Gasteiger partial charge in [-0.2, -0.15) is 0 Å². The molecule has 1 atom stereocenters. The van der Waals surface area contributed by atoms with Crippen molar-refractivity contribution in [2.75, 3.05) is 6.54 Å². The van der Waals surface area contributed by atoms with Gasteiger partial charge in [0.05, 0.1) is 0 Å². The van der Waals surface area contributed by atoms with E-state index in [0.29, 0.717) is 6.54 Å². The second kappa shape index (κ2) is 3.19. The van der Waals surface area contributed by atoms with Crippen LogP contribution in [0.15, 0.2) is 0 Å². The molecule has 0 aromatic heterocycles. The third kappa shape index (κ3) is 2.63. The summed E-state index contributed by atoms with van der Waals surface area (Å²) < 4.78 is 26.0. The lowest BCUT2D eigenvalue weighted by Gasteiger charge is -2.45. The molecule has 0 saturated carbocycles. The standard InChI is InChI=1S/C10H19F2N/c1-8-7-10(11,12)5-6-13(8)9(2,3)4/h8H,5-7H2,1-4H3. The molecule has 1 aliphatic heterocycles. The van der Waals surface area contributed by atoms with Gasteiger partial charge in [-0.1, -0.05) is 0 Å². The van der Waals surface area contributed by atoms with E-state index in [0.717, 1.165) is 0 Å². The van der Waals surface area contributed by atoms with Crippen LogP contribution in [0.25, 0.3) is 0 Å². The van der Waals surface area contributed by atoms with Gasteiger partial charge in [-0.15, -0.1) is 0 Å². The number of rotatable bonds is 0. The monoisotopic (exact) mass is 191 g/mol. The van der Waals surface area contributed by atoms with Crippen LogP contribution in [-0.2, 0) is 0 Å². The van der Waals surface area contributed by atoms with Gasteiger partial charge in [-0.05, 0) is 27.7 Å². The maximum absolute atomic E-state index is 13.0. The Kier molecular flexibility index (Phi) is 2.68. The summed E-state index contributed by atoms with van der Waals surface area (Å²) >= 11 is 0. The lowest BCUT2D eigenvalue weighted by Crippen LogP contribution is -2.53. The van der Waals surface area contributed by atoms with Gasteiger partial charge in [0.1, 0.15) is 0 Å². The molecular weight excluding hydrogens is 172 g/mol. The molecule has 0 amide bonds. The van der Waals surface area contributed by atoms with E-state index in [-0.39, 0.29) is 24.4 Å². The van der Waals surface area contributed by atoms with Gasteiger partial charge < -0.3 is 0 Å². The normalized spacial score (nSPS) is 30.5. The fraction of sp³-hybridized carbons (Fsp3) is 1.00. The summed E-state index contributed by atoms with van der Waals surface area (Å²) in [6, 6.07) is -0.0104. The van der Waals surface area contributed by atoms with Crippen LogP contribution < -0.4 is 0 Å². The lowest BCUT2D eigenvalue weighted by atomic mass is 9.93. The molecule has 1 saturated heterocycles. The van der Waals surface area contributed by atoms with Gasteiger partial charge in [-0.25, -0.2) is 8.78 Å². The summed E-state index contributed by atoms with van der Waals surface area (Å²) in [5.74, 6) is -2.44. The summed E-state index contributed by atoms with van der Waals surface area (Å²) in [6.45, 7) is 8.63. The van der Waals surface area contributed by atoms with Crippen molar-refractivity contribution in [3.05, 3.63) is 0 Å². The van der Waals surface area contributed by atoms with Crippen molar-refractivity contribution in [2.45, 2.75) is 58.0 Å². The number of piperidine rings is 1. The first kappa shape index (κ1) is 10.9. The summed E-state index contributed by atoms with van der Waals surface area (Å²) in [5.41, 5.74) is 0.00984. The molecule has 0 radical (unpaired) electrons. The van der Waals surface area contributed by atoms with Gasteiger partial charge in [-0.3, -0.25) is 4.90 Å². The average molecular weight is 191 g/mol. The van der Waals surface area contributed by atoms with E-state index in [4.69, 9.17) is 0 Å². The van der Waals surface area contributed by atoms with Crippen LogP contribution in [-0.4, -0.2) is 28.9 Å². The van der Waals surface area contributed by atoms with Crippen LogP contribution in [0.3, 0.4) is 0 Å². The number of nitrogens with zero attached hydrogens (tertiary/aromatic N) is 1. The highest BCUT2D eigenvalue weighted by atomic mass is 19.3. The minimum atomic E-state index is -2.44. The van der Waals surface area contributed by atoms with E-state index in [1.54, 1.807) is 0 Å². The van der Waals surface area contributed by atoms with Crippen molar-refractivity contribution in [3.8, 4) is 0 Å². The summed E-state index contributed by atoms with van der Waals surface area (Å²) in [7, 11) is 0. The van der Waals surface area contributed by atoms with E-state index < -0.39 is 5.92 Å². The Morgan fingerprint density at radius 2 is 1.85 bits per heavy atom. The molecule has 1 fully saturated rings. The van der Waals surface area contributed by atoms with Crippen molar-refractivity contribution in [1.29, 1.82) is 0 Å². The van der Waals surface area contributed by atoms with E-state index in [9.17, 15) is 8.78 Å². The average Bonchev–Trinajstić information content (AvgIpc) is 1.80. The van der Waals surface area contributed by atoms with Crippen LogP contribution in [0.5, 0.6) is 0 Å². The topological polar surface area (TPSA) is 3.24 Å². The zero-order valence-electron chi connectivity index (χ0n) is 8.90. The Morgan fingerprint density at radius 1 is 1.31 bits per heavy atom. The molecule has 1 unspecified atom stereocenters. The molecular formula is C10H19F2N. The Bertz CT molecular complexity index is 184. The minimum absolute atomic E-state index is 0.00424. The molecule has 1 aliphatic rings. The van der Waals surface area contributed by atoms with E-state index in [1.807, 2.05) is 6.92 Å². The summed E-state index contributed by atoms with van der Waals surface area (Å²) in [5, 5.41) is 0. The number of likely N-dealkylation sites (tertiary alicyclic amines) is 1. The third-order valence-electron chi connectivity index (χ3n) is 2.71. The van der Waals surface area contributed by atoms with E-state index in [2.05, 4.69) is 25.7 Å². The third-order valence-corrected chi connectivity index (χ3v) is 2.71. The molecule has 13 heavy (non-hydrogen) atoms. The van der Waals surface area contributed by atoms with Gasteiger partial charge in [0.2, 0.25) is 0 Å². The van der Waals surface area contributed by atoms with Gasteiger partial charge in [0.25, 0.3) is 5.92 Å². The zero-order chi connectivity index (χ0) is 10.3. The Labute approximate surface area is 79.1 Å². The first-order valence-corrected chi connectivity index (χ1v) is 4.87. The highest BCUT2D eigenvalue weighted by Crippen LogP contribution is 2.34. The molecule has 0 aromatic carbocycles. The van der Waals surface area contributed by atoms with E-state index in [1.165, 1.54) is 0 Å². The SMILES string of the molecule is CC1CC(F)(F)CCN1C(C)(C)C. The van der Waals surface area contributed by atoms with Crippen molar-refractivity contribution in [2.24, 2.45) is 0 Å². The van der Waals surface area contributed by atoms with Gasteiger partial charge in [0, 0.05) is 31.0 Å². The predicted molar refractivity (Wildman–Crippen MR) is 50.1 cm³/mol. The molecule has 0 aromatic rings. The highest BCUT2D eigenvalue weighted by molar-refractivity contribution is 4.89. The van der Waals surface area contributed by atoms with Crippen LogP contribution >= 0.6 is 0 Å². The molecule has 0 aliphatic carbocycles. The molecule has 1 rings (SSSR count). The van der Waals surface area contributed by atoms with Crippen molar-refractivity contribution < 1.29 is 8.78 Å². The fourth-order valence-electron chi connectivity index (χ4n) is 2.15. The van der Waals surface area contributed by atoms with Gasteiger partial charge in [0.15, 0.2) is 0 Å². The molecule has 1 nitrogen and oxygen atoms in total. The summed E-state index contributed by atoms with van der Waals surface area (Å²) in [4.78, 5) is 2.16. The molecule has 0 spiro atoms. The smallest absolute Gasteiger partial charge is 0.250 e. The molecule has 1 heterocycles. The molecule has 0 bridgehead atoms. The Balaban J connectivity index is 2.64. The van der Waals surface area contributed by atoms with Gasteiger partial charge >= 0.3 is 0 Å². The van der Waals surface area contributed by atoms with Crippen molar-refractivity contribution in [3.63, 3.8) is 0 Å². The fourth-order valence-corrected chi connectivity index (χ4v) is 2.15. The molecule has 0 N–H and O–H groups in total. The number of hydrogen-bond donors (Lipinski definition) is 0. The number of alkyl halides is 2. The number of hydrogen-bond acceptors (Lipinski definition) is 1. The zero-order valence-corrected chi connectivity index (χ0v) is 8.90. The van der Waals surface area contributed by atoms with Crippen LogP contribution in [0.2, 0.25) is 0 Å². The maximum atomic E-state index is 13.0. The summed E-state index contributed by atoms with van der Waals surface area (Å²) in [6.07, 6.45) is 0.0128. The Hall–Kier alpha value is -0.180. The van der Waals surface area contributed by atoms with Crippen molar-refractivity contribution >= 4 is 0 Å². The first-order chi connectivity index (χ1) is 5.72. The van der Waals surface area contributed by atoms with Crippen LogP contribution in [0, 0.1) is 0 Å². The second-order valence-corrected chi connectivity index (χ2v) is 5.02. The predicted octanol–water partition coefficient (Wildman–Crippen LogP) is 2.90. The second-order valence-electron chi connectivity index (χ2n) is 5.02. The van der Waals surface area contributed by atoms with Crippen LogP contribution in [0.4, 0.5) is 8.78 Å². The highest BCUT2D eigenvalue weighted by Gasteiger charge is 2.41. The lowest BCUT2D eigenvalue weighted by molar-refractivity contribution is -0.0941. The van der Waals surface area contributed by atoms with E-state index >= 15 is 0 Å². The van der Waals surface area contributed by atoms with Crippen molar-refractivity contribution in [1.82, 2.24) is 4.90 Å². The quantitative estimate of drug-likeness (QED) is 0.569. The molecule has 3 heteroatoms. The molecule has 78 valence electrons. The number of halogens is 2. The minimum Gasteiger partial charge on any atom is -0.295 e. The first-order valence-electron chi connectivity index (χ1n) is 4.87.